The zero-order valence-electron chi connectivity index (χ0n) is 15.2. The summed E-state index contributed by atoms with van der Waals surface area (Å²) in [5.74, 6) is 0.347. The minimum atomic E-state index is -0.158. The summed E-state index contributed by atoms with van der Waals surface area (Å²) in [4.78, 5) is 25.0. The molecular weight excluding hydrogens is 350 g/mol. The van der Waals surface area contributed by atoms with Crippen LogP contribution in [0.4, 0.5) is 5.82 Å². The number of amides is 1. The van der Waals surface area contributed by atoms with Crippen LogP contribution in [0, 0.1) is 0 Å². The third kappa shape index (κ3) is 3.96. The van der Waals surface area contributed by atoms with Gasteiger partial charge in [0.2, 0.25) is 0 Å². The average molecular weight is 369 g/mol. The molecular formula is C22H19N5O. The summed E-state index contributed by atoms with van der Waals surface area (Å²) >= 11 is 0. The molecule has 0 spiro atoms. The Hall–Kier alpha value is -3.80. The van der Waals surface area contributed by atoms with Crippen LogP contribution in [0.25, 0.3) is 10.8 Å². The molecule has 1 amide bonds. The monoisotopic (exact) mass is 369 g/mol. The third-order valence-electron chi connectivity index (χ3n) is 4.50. The molecule has 0 bridgehead atoms. The predicted molar refractivity (Wildman–Crippen MR) is 109 cm³/mol. The van der Waals surface area contributed by atoms with Gasteiger partial charge < -0.3 is 11.1 Å². The summed E-state index contributed by atoms with van der Waals surface area (Å²) in [7, 11) is 0. The number of anilines is 1. The number of fused-ring (bicyclic) bond motifs is 1. The molecule has 4 rings (SSSR count). The maximum atomic E-state index is 12.5. The number of carbonyl (C=O) groups is 1. The van der Waals surface area contributed by atoms with Gasteiger partial charge in [0.25, 0.3) is 5.91 Å². The van der Waals surface area contributed by atoms with Crippen molar-refractivity contribution < 1.29 is 4.79 Å². The molecule has 6 heteroatoms. The Morgan fingerprint density at radius 1 is 0.929 bits per heavy atom. The average Bonchev–Trinajstić information content (AvgIpc) is 2.73. The first-order valence-electron chi connectivity index (χ1n) is 8.93. The van der Waals surface area contributed by atoms with Crippen LogP contribution in [0.15, 0.2) is 73.4 Å². The maximum Gasteiger partial charge on any atom is 0.253 e. The zero-order valence-corrected chi connectivity index (χ0v) is 15.2. The Bertz CT molecular complexity index is 1130. The van der Waals surface area contributed by atoms with Gasteiger partial charge in [0, 0.05) is 49.3 Å². The fourth-order valence-corrected chi connectivity index (χ4v) is 3.09. The van der Waals surface area contributed by atoms with Crippen LogP contribution in [-0.4, -0.2) is 20.9 Å². The quantitative estimate of drug-likeness (QED) is 0.564. The number of pyridine rings is 3. The van der Waals surface area contributed by atoms with E-state index in [-0.39, 0.29) is 5.91 Å². The fraction of sp³-hybridized carbons (Fsp3) is 0.0909. The normalized spacial score (nSPS) is 10.7. The van der Waals surface area contributed by atoms with Crippen LogP contribution >= 0.6 is 0 Å². The van der Waals surface area contributed by atoms with Crippen LogP contribution < -0.4 is 11.1 Å². The van der Waals surface area contributed by atoms with Gasteiger partial charge in [-0.15, -0.1) is 0 Å². The predicted octanol–water partition coefficient (Wildman–Crippen LogP) is 3.13. The molecule has 3 aromatic heterocycles. The van der Waals surface area contributed by atoms with Crippen LogP contribution in [0.5, 0.6) is 0 Å². The summed E-state index contributed by atoms with van der Waals surface area (Å²) in [6.45, 7) is 0.420. The number of hydrogen-bond acceptors (Lipinski definition) is 5. The highest BCUT2D eigenvalue weighted by Crippen LogP contribution is 2.20. The van der Waals surface area contributed by atoms with E-state index >= 15 is 0 Å². The minimum Gasteiger partial charge on any atom is -0.383 e. The Morgan fingerprint density at radius 3 is 2.68 bits per heavy atom. The second-order valence-corrected chi connectivity index (χ2v) is 6.55. The lowest BCUT2D eigenvalue weighted by atomic mass is 10.1. The molecule has 6 nitrogen and oxygen atoms in total. The molecule has 0 saturated carbocycles. The van der Waals surface area contributed by atoms with E-state index in [2.05, 4.69) is 20.3 Å². The molecule has 3 N–H and O–H groups in total. The topological polar surface area (TPSA) is 93.8 Å². The molecule has 4 aromatic rings. The van der Waals surface area contributed by atoms with Crippen LogP contribution in [0.2, 0.25) is 0 Å². The summed E-state index contributed by atoms with van der Waals surface area (Å²) in [5, 5.41) is 4.85. The maximum absolute atomic E-state index is 12.5. The number of nitrogens with one attached hydrogen (secondary N) is 1. The van der Waals surface area contributed by atoms with Gasteiger partial charge in [-0.05, 0) is 46.3 Å². The van der Waals surface area contributed by atoms with Crippen molar-refractivity contribution in [3.63, 3.8) is 0 Å². The van der Waals surface area contributed by atoms with E-state index in [0.717, 1.165) is 27.5 Å². The van der Waals surface area contributed by atoms with Gasteiger partial charge in [0.15, 0.2) is 0 Å². The summed E-state index contributed by atoms with van der Waals surface area (Å²) in [6.07, 6.45) is 9.26. The molecule has 0 radical (unpaired) electrons. The van der Waals surface area contributed by atoms with E-state index in [1.54, 1.807) is 24.8 Å². The Labute approximate surface area is 162 Å². The highest BCUT2D eigenvalue weighted by molar-refractivity contribution is 5.94. The number of carbonyl (C=O) groups excluding carboxylic acids is 1. The molecule has 0 unspecified atom stereocenters. The van der Waals surface area contributed by atoms with Gasteiger partial charge in [-0.1, -0.05) is 18.2 Å². The van der Waals surface area contributed by atoms with Crippen molar-refractivity contribution in [2.24, 2.45) is 0 Å². The summed E-state index contributed by atoms with van der Waals surface area (Å²) in [5.41, 5.74) is 9.45. The lowest BCUT2D eigenvalue weighted by molar-refractivity contribution is 0.0950. The van der Waals surface area contributed by atoms with Gasteiger partial charge in [-0.2, -0.15) is 0 Å². The lowest BCUT2D eigenvalue weighted by Gasteiger charge is -2.08. The number of nitrogen functional groups attached to an aromatic ring is 1. The first-order valence-corrected chi connectivity index (χ1v) is 8.93. The minimum absolute atomic E-state index is 0.158. The van der Waals surface area contributed by atoms with E-state index in [1.807, 2.05) is 48.7 Å². The molecule has 0 aliphatic rings. The molecule has 0 aliphatic heterocycles. The van der Waals surface area contributed by atoms with E-state index < -0.39 is 0 Å². The van der Waals surface area contributed by atoms with Crippen molar-refractivity contribution in [2.45, 2.75) is 13.0 Å². The van der Waals surface area contributed by atoms with Crippen molar-refractivity contribution in [3.05, 3.63) is 95.7 Å². The Balaban J connectivity index is 1.44. The zero-order chi connectivity index (χ0) is 19.3. The van der Waals surface area contributed by atoms with Crippen LogP contribution in [0.3, 0.4) is 0 Å². The second-order valence-electron chi connectivity index (χ2n) is 6.55. The molecule has 0 fully saturated rings. The second kappa shape index (κ2) is 7.84. The Kier molecular flexibility index (Phi) is 4.93. The molecule has 28 heavy (non-hydrogen) atoms. The van der Waals surface area contributed by atoms with Crippen molar-refractivity contribution in [2.75, 3.05) is 5.73 Å². The van der Waals surface area contributed by atoms with E-state index in [9.17, 15) is 4.79 Å². The number of rotatable bonds is 5. The lowest BCUT2D eigenvalue weighted by Crippen LogP contribution is -2.23. The number of nitrogens with zero attached hydrogens (tertiary/aromatic N) is 3. The molecule has 3 heterocycles. The van der Waals surface area contributed by atoms with E-state index in [1.165, 1.54) is 0 Å². The van der Waals surface area contributed by atoms with Gasteiger partial charge in [0.05, 0.1) is 5.56 Å². The number of benzene rings is 1. The smallest absolute Gasteiger partial charge is 0.253 e. The van der Waals surface area contributed by atoms with Crippen molar-refractivity contribution in [3.8, 4) is 0 Å². The molecule has 138 valence electrons. The fourth-order valence-electron chi connectivity index (χ4n) is 3.09. The molecule has 0 atom stereocenters. The van der Waals surface area contributed by atoms with Gasteiger partial charge in [-0.25, -0.2) is 4.98 Å². The SMILES string of the molecule is Nc1nccc2cc(CNC(=O)c3cncc(Cc4cccnc4)c3)ccc12. The summed E-state index contributed by atoms with van der Waals surface area (Å²) in [6, 6.07) is 13.5. The van der Waals surface area contributed by atoms with Gasteiger partial charge >= 0.3 is 0 Å². The third-order valence-corrected chi connectivity index (χ3v) is 4.50. The first kappa shape index (κ1) is 17.6. The first-order chi connectivity index (χ1) is 13.7. The molecule has 0 saturated heterocycles. The van der Waals surface area contributed by atoms with Crippen LogP contribution in [-0.2, 0) is 13.0 Å². The standard InChI is InChI=1S/C22H19N5O/c23-21-20-4-3-16(9-18(20)5-7-26-21)13-27-22(28)19-10-17(12-25-14-19)8-15-2-1-6-24-11-15/h1-7,9-12,14H,8,13H2,(H2,23,26)(H,27,28). The number of nitrogens with two attached hydrogens (primary N) is 1. The largest absolute Gasteiger partial charge is 0.383 e. The number of aromatic nitrogens is 3. The highest BCUT2D eigenvalue weighted by Gasteiger charge is 2.08. The van der Waals surface area contributed by atoms with E-state index in [4.69, 9.17) is 5.73 Å². The van der Waals surface area contributed by atoms with Crippen molar-refractivity contribution >= 4 is 22.5 Å². The summed E-state index contributed by atoms with van der Waals surface area (Å²) < 4.78 is 0. The molecule has 0 aliphatic carbocycles. The van der Waals surface area contributed by atoms with Crippen LogP contribution in [0.1, 0.15) is 27.0 Å². The highest BCUT2D eigenvalue weighted by atomic mass is 16.1. The van der Waals surface area contributed by atoms with Crippen molar-refractivity contribution in [1.29, 1.82) is 0 Å². The molecule has 1 aromatic carbocycles. The van der Waals surface area contributed by atoms with Gasteiger partial charge in [0.1, 0.15) is 5.82 Å². The van der Waals surface area contributed by atoms with Gasteiger partial charge in [-0.3, -0.25) is 14.8 Å². The van der Waals surface area contributed by atoms with Crippen molar-refractivity contribution in [1.82, 2.24) is 20.3 Å². The number of hydrogen-bond donors (Lipinski definition) is 2. The Morgan fingerprint density at radius 2 is 1.82 bits per heavy atom. The van der Waals surface area contributed by atoms with E-state index in [0.29, 0.717) is 24.3 Å².